The van der Waals surface area contributed by atoms with E-state index in [1.165, 1.54) is 0 Å². The molecule has 0 bridgehead atoms. The van der Waals surface area contributed by atoms with Crippen molar-refractivity contribution in [2.75, 3.05) is 0 Å². The zero-order chi connectivity index (χ0) is 16.1. The first-order chi connectivity index (χ1) is 9.51. The molecule has 0 saturated carbocycles. The second kappa shape index (κ2) is 4.69. The molecule has 2 rings (SSSR count). The van der Waals surface area contributed by atoms with E-state index in [-0.39, 0.29) is 22.7 Å². The molecule has 0 aromatic carbocycles. The minimum Gasteiger partial charge on any atom is -0.329 e. The topological polar surface area (TPSA) is 65.2 Å². The van der Waals surface area contributed by atoms with Crippen LogP contribution < -0.4 is 5.32 Å². The van der Waals surface area contributed by atoms with E-state index in [4.69, 9.17) is 4.99 Å². The van der Waals surface area contributed by atoms with Crippen molar-refractivity contribution >= 4 is 11.6 Å². The van der Waals surface area contributed by atoms with Crippen LogP contribution in [-0.4, -0.2) is 17.2 Å². The average Bonchev–Trinajstić information content (AvgIpc) is 2.73. The van der Waals surface area contributed by atoms with Gasteiger partial charge in [-0.25, -0.2) is 0 Å². The predicted octanol–water partition coefficient (Wildman–Crippen LogP) is 3.21. The molecular formula is C17H25N3O. The highest BCUT2D eigenvalue weighted by atomic mass is 16.1. The second-order valence-electron chi connectivity index (χ2n) is 7.83. The number of nitrogens with zero attached hydrogens (tertiary/aromatic N) is 2. The molecule has 2 aliphatic heterocycles. The second-order valence-corrected chi connectivity index (χ2v) is 7.83. The van der Waals surface area contributed by atoms with Gasteiger partial charge in [-0.2, -0.15) is 5.26 Å². The van der Waals surface area contributed by atoms with Crippen molar-refractivity contribution in [3.05, 3.63) is 11.8 Å². The summed E-state index contributed by atoms with van der Waals surface area (Å²) < 4.78 is 0. The maximum atomic E-state index is 11.6. The molecule has 0 spiro atoms. The summed E-state index contributed by atoms with van der Waals surface area (Å²) in [4.78, 5) is 16.3. The summed E-state index contributed by atoms with van der Waals surface area (Å²) in [5, 5.41) is 12.4. The van der Waals surface area contributed by atoms with Crippen LogP contribution in [0.4, 0.5) is 0 Å². The maximum absolute atomic E-state index is 11.6. The molecule has 0 aromatic heterocycles. The quantitative estimate of drug-likeness (QED) is 0.847. The third-order valence-electron chi connectivity index (χ3n) is 5.07. The Hall–Kier alpha value is -1.63. The molecule has 1 amide bonds. The molecule has 1 fully saturated rings. The molecule has 2 unspecified atom stereocenters. The molecule has 0 aliphatic carbocycles. The standard InChI is InChI=1S/C17H25N3O/c1-11(7-13-15(2,3)9-14(21)19-13)12-8-16(4,5)17(6,10-18)20-12/h7,11H,8-9H2,1-6H3,(H,19,21)/b13-7+. The predicted molar refractivity (Wildman–Crippen MR) is 83.6 cm³/mol. The van der Waals surface area contributed by atoms with E-state index in [0.29, 0.717) is 6.42 Å². The van der Waals surface area contributed by atoms with E-state index >= 15 is 0 Å². The van der Waals surface area contributed by atoms with Crippen molar-refractivity contribution < 1.29 is 4.79 Å². The summed E-state index contributed by atoms with van der Waals surface area (Å²) in [6.45, 7) is 12.3. The van der Waals surface area contributed by atoms with Gasteiger partial charge in [-0.1, -0.05) is 40.7 Å². The summed E-state index contributed by atoms with van der Waals surface area (Å²) in [6.07, 6.45) is 3.44. The van der Waals surface area contributed by atoms with Crippen molar-refractivity contribution in [1.82, 2.24) is 5.32 Å². The number of allylic oxidation sites excluding steroid dienone is 2. The van der Waals surface area contributed by atoms with Gasteiger partial charge in [0.2, 0.25) is 5.91 Å². The highest BCUT2D eigenvalue weighted by molar-refractivity contribution is 5.92. The zero-order valence-electron chi connectivity index (χ0n) is 13.9. The van der Waals surface area contributed by atoms with Gasteiger partial charge in [-0.15, -0.1) is 0 Å². The number of hydrogen-bond donors (Lipinski definition) is 1. The molecule has 4 heteroatoms. The fourth-order valence-corrected chi connectivity index (χ4v) is 3.02. The van der Waals surface area contributed by atoms with Crippen LogP contribution in [0.15, 0.2) is 16.8 Å². The van der Waals surface area contributed by atoms with Crippen molar-refractivity contribution in [2.24, 2.45) is 21.7 Å². The Morgan fingerprint density at radius 1 is 1.29 bits per heavy atom. The van der Waals surface area contributed by atoms with Crippen LogP contribution in [-0.2, 0) is 4.79 Å². The van der Waals surface area contributed by atoms with Gasteiger partial charge >= 0.3 is 0 Å². The van der Waals surface area contributed by atoms with Crippen LogP contribution in [0.3, 0.4) is 0 Å². The number of nitrogens with one attached hydrogen (secondary N) is 1. The third-order valence-corrected chi connectivity index (χ3v) is 5.07. The molecule has 1 saturated heterocycles. The van der Waals surface area contributed by atoms with Crippen LogP contribution in [0.1, 0.15) is 54.4 Å². The lowest BCUT2D eigenvalue weighted by Crippen LogP contribution is -2.34. The molecule has 2 aliphatic rings. The van der Waals surface area contributed by atoms with Crippen LogP contribution in [0.5, 0.6) is 0 Å². The largest absolute Gasteiger partial charge is 0.329 e. The Morgan fingerprint density at radius 3 is 2.33 bits per heavy atom. The zero-order valence-corrected chi connectivity index (χ0v) is 13.9. The molecule has 2 heterocycles. The number of carbonyl (C=O) groups excluding carboxylic acids is 1. The van der Waals surface area contributed by atoms with Crippen molar-refractivity contribution in [1.29, 1.82) is 5.26 Å². The number of carbonyl (C=O) groups is 1. The average molecular weight is 287 g/mol. The molecule has 114 valence electrons. The molecule has 21 heavy (non-hydrogen) atoms. The van der Waals surface area contributed by atoms with Crippen LogP contribution in [0.2, 0.25) is 0 Å². The van der Waals surface area contributed by atoms with Crippen molar-refractivity contribution in [3.63, 3.8) is 0 Å². The SMILES string of the molecule is CC(/C=C1/NC(=O)CC1(C)C)C1=NC(C)(C#N)C(C)(C)C1. The highest BCUT2D eigenvalue weighted by Crippen LogP contribution is 2.44. The van der Waals surface area contributed by atoms with Crippen molar-refractivity contribution in [3.8, 4) is 6.07 Å². The lowest BCUT2D eigenvalue weighted by molar-refractivity contribution is -0.119. The van der Waals surface area contributed by atoms with Crippen LogP contribution >= 0.6 is 0 Å². The Morgan fingerprint density at radius 2 is 1.90 bits per heavy atom. The van der Waals surface area contributed by atoms with Crippen LogP contribution in [0, 0.1) is 28.1 Å². The summed E-state index contributed by atoms with van der Waals surface area (Å²) >= 11 is 0. The number of amides is 1. The van der Waals surface area contributed by atoms with Crippen molar-refractivity contribution in [2.45, 2.75) is 59.9 Å². The molecule has 1 N–H and O–H groups in total. The number of hydrogen-bond acceptors (Lipinski definition) is 3. The normalized spacial score (nSPS) is 33.5. The molecule has 0 radical (unpaired) electrons. The van der Waals surface area contributed by atoms with Gasteiger partial charge in [0.15, 0.2) is 0 Å². The van der Waals surface area contributed by atoms with Gasteiger partial charge < -0.3 is 5.32 Å². The lowest BCUT2D eigenvalue weighted by Gasteiger charge is -2.29. The monoisotopic (exact) mass is 287 g/mol. The first-order valence-corrected chi connectivity index (χ1v) is 7.53. The van der Waals surface area contributed by atoms with E-state index in [9.17, 15) is 10.1 Å². The van der Waals surface area contributed by atoms with E-state index in [1.54, 1.807) is 0 Å². The van der Waals surface area contributed by atoms with E-state index in [1.807, 2.05) is 6.92 Å². The summed E-state index contributed by atoms with van der Waals surface area (Å²) in [7, 11) is 0. The van der Waals surface area contributed by atoms with Gasteiger partial charge in [0.1, 0.15) is 5.54 Å². The Kier molecular flexibility index (Phi) is 3.52. The first-order valence-electron chi connectivity index (χ1n) is 7.53. The maximum Gasteiger partial charge on any atom is 0.225 e. The smallest absolute Gasteiger partial charge is 0.225 e. The molecular weight excluding hydrogens is 262 g/mol. The van der Waals surface area contributed by atoms with E-state index in [0.717, 1.165) is 17.8 Å². The van der Waals surface area contributed by atoms with Crippen LogP contribution in [0.25, 0.3) is 0 Å². The number of aliphatic imine (C=N–C) groups is 1. The first kappa shape index (κ1) is 15.8. The fourth-order valence-electron chi connectivity index (χ4n) is 3.02. The minimum absolute atomic E-state index is 0.0778. The Balaban J connectivity index is 2.27. The lowest BCUT2D eigenvalue weighted by atomic mass is 9.73. The minimum atomic E-state index is -0.663. The highest BCUT2D eigenvalue weighted by Gasteiger charge is 2.47. The van der Waals surface area contributed by atoms with Gasteiger partial charge in [0.05, 0.1) is 6.07 Å². The fraction of sp³-hybridized carbons (Fsp3) is 0.706. The molecule has 4 nitrogen and oxygen atoms in total. The van der Waals surface area contributed by atoms with Gasteiger partial charge in [0.25, 0.3) is 0 Å². The van der Waals surface area contributed by atoms with Gasteiger partial charge in [-0.3, -0.25) is 9.79 Å². The molecule has 2 atom stereocenters. The summed E-state index contributed by atoms with van der Waals surface area (Å²) in [6, 6.07) is 2.35. The summed E-state index contributed by atoms with van der Waals surface area (Å²) in [5.74, 6) is 0.209. The Bertz CT molecular complexity index is 577. The van der Waals surface area contributed by atoms with Gasteiger partial charge in [0, 0.05) is 34.6 Å². The molecule has 0 aromatic rings. The number of nitriles is 1. The number of rotatable bonds is 2. The Labute approximate surface area is 127 Å². The van der Waals surface area contributed by atoms with Gasteiger partial charge in [-0.05, 0) is 13.3 Å². The third kappa shape index (κ3) is 2.62. The van der Waals surface area contributed by atoms with E-state index < -0.39 is 5.54 Å². The van der Waals surface area contributed by atoms with E-state index in [2.05, 4.69) is 52.1 Å². The summed E-state index contributed by atoms with van der Waals surface area (Å²) in [5.41, 5.74) is 1.07.